The number of carbonyl (C=O) groups excluding carboxylic acids is 3. The van der Waals surface area contributed by atoms with E-state index in [9.17, 15) is 14.4 Å². The predicted molar refractivity (Wildman–Crippen MR) is 94.6 cm³/mol. The summed E-state index contributed by atoms with van der Waals surface area (Å²) in [4.78, 5) is 51.6. The molecule has 0 aromatic carbocycles. The Morgan fingerprint density at radius 2 is 1.65 bits per heavy atom. The van der Waals surface area contributed by atoms with Crippen LogP contribution >= 0.6 is 0 Å². The number of carbonyl (C=O) groups is 3. The molecule has 0 unspecified atom stereocenters. The van der Waals surface area contributed by atoms with Crippen molar-refractivity contribution in [2.24, 2.45) is 0 Å². The van der Waals surface area contributed by atoms with Crippen LogP contribution in [0.5, 0.6) is 0 Å². The van der Waals surface area contributed by atoms with Crippen LogP contribution in [-0.4, -0.2) is 88.8 Å². The highest BCUT2D eigenvalue weighted by molar-refractivity contribution is 6.05. The van der Waals surface area contributed by atoms with E-state index >= 15 is 0 Å². The van der Waals surface area contributed by atoms with Crippen LogP contribution in [0.3, 0.4) is 0 Å². The summed E-state index contributed by atoms with van der Waals surface area (Å²) >= 11 is 0. The molecule has 3 rings (SSSR count). The van der Waals surface area contributed by atoms with Gasteiger partial charge in [-0.15, -0.1) is 0 Å². The second-order valence-electron chi connectivity index (χ2n) is 6.83. The minimum absolute atomic E-state index is 0.0193. The standard InChI is InChI=1S/C17H24N6O3/c1-11-9-12(2)19-16(18-11)23-7-5-22(6-8-23)14(24)10-13-15(25)21(4)17(26)20(13)3/h9,13H,5-8,10H2,1-4H3/t13-/m0/s1. The van der Waals surface area contributed by atoms with E-state index in [1.54, 1.807) is 11.9 Å². The molecule has 1 aromatic heterocycles. The number of aryl methyl sites for hydroxylation is 2. The van der Waals surface area contributed by atoms with Gasteiger partial charge in [-0.2, -0.15) is 0 Å². The van der Waals surface area contributed by atoms with Crippen LogP contribution in [0.25, 0.3) is 0 Å². The fourth-order valence-corrected chi connectivity index (χ4v) is 3.38. The third kappa shape index (κ3) is 3.33. The Balaban J connectivity index is 1.59. The lowest BCUT2D eigenvalue weighted by molar-refractivity contribution is -0.136. The number of imide groups is 1. The zero-order valence-corrected chi connectivity index (χ0v) is 15.6. The monoisotopic (exact) mass is 360 g/mol. The molecule has 1 atom stereocenters. The molecule has 9 heteroatoms. The Bertz CT molecular complexity index is 724. The van der Waals surface area contributed by atoms with Gasteiger partial charge >= 0.3 is 6.03 Å². The Hall–Kier alpha value is -2.71. The number of hydrogen-bond donors (Lipinski definition) is 0. The molecule has 4 amide bonds. The minimum atomic E-state index is -0.708. The molecule has 9 nitrogen and oxygen atoms in total. The summed E-state index contributed by atoms with van der Waals surface area (Å²) in [6, 6.07) is 0.849. The highest BCUT2D eigenvalue weighted by atomic mass is 16.2. The van der Waals surface area contributed by atoms with Crippen LogP contribution in [0.2, 0.25) is 0 Å². The molecule has 0 radical (unpaired) electrons. The number of anilines is 1. The molecule has 1 aromatic rings. The van der Waals surface area contributed by atoms with Gasteiger partial charge < -0.3 is 14.7 Å². The van der Waals surface area contributed by atoms with Gasteiger partial charge in [0.2, 0.25) is 11.9 Å². The van der Waals surface area contributed by atoms with Crippen molar-refractivity contribution in [2.75, 3.05) is 45.2 Å². The summed E-state index contributed by atoms with van der Waals surface area (Å²) in [6.45, 7) is 6.24. The third-order valence-corrected chi connectivity index (χ3v) is 4.93. The van der Waals surface area contributed by atoms with E-state index in [1.165, 1.54) is 11.9 Å². The molecule has 0 saturated carbocycles. The molecule has 0 bridgehead atoms. The van der Waals surface area contributed by atoms with Gasteiger partial charge in [-0.3, -0.25) is 14.5 Å². The Morgan fingerprint density at radius 1 is 1.08 bits per heavy atom. The molecule has 2 aliphatic heterocycles. The van der Waals surface area contributed by atoms with Crippen LogP contribution in [-0.2, 0) is 9.59 Å². The lowest BCUT2D eigenvalue weighted by Crippen LogP contribution is -2.50. The molecular formula is C17H24N6O3. The van der Waals surface area contributed by atoms with Crippen LogP contribution < -0.4 is 4.90 Å². The summed E-state index contributed by atoms with van der Waals surface area (Å²) in [7, 11) is 2.99. The second-order valence-corrected chi connectivity index (χ2v) is 6.83. The highest BCUT2D eigenvalue weighted by Gasteiger charge is 2.42. The van der Waals surface area contributed by atoms with Crippen LogP contribution in [0.15, 0.2) is 6.07 Å². The molecule has 3 heterocycles. The molecule has 0 aliphatic carbocycles. The summed E-state index contributed by atoms with van der Waals surface area (Å²) in [5.74, 6) is 0.250. The van der Waals surface area contributed by atoms with Gasteiger partial charge in [-0.05, 0) is 19.9 Å². The number of aromatic nitrogens is 2. The van der Waals surface area contributed by atoms with Gasteiger partial charge in [-0.1, -0.05) is 0 Å². The van der Waals surface area contributed by atoms with Crippen LogP contribution in [0, 0.1) is 13.8 Å². The first kappa shape index (κ1) is 18.1. The van der Waals surface area contributed by atoms with Crippen molar-refractivity contribution >= 4 is 23.8 Å². The first-order valence-corrected chi connectivity index (χ1v) is 8.67. The average Bonchev–Trinajstić information content (AvgIpc) is 2.79. The summed E-state index contributed by atoms with van der Waals surface area (Å²) < 4.78 is 0. The molecule has 26 heavy (non-hydrogen) atoms. The average molecular weight is 360 g/mol. The van der Waals surface area contributed by atoms with Crippen molar-refractivity contribution in [3.8, 4) is 0 Å². The van der Waals surface area contributed by atoms with Gasteiger partial charge in [-0.25, -0.2) is 14.8 Å². The molecular weight excluding hydrogens is 336 g/mol. The number of hydrogen-bond acceptors (Lipinski definition) is 6. The Morgan fingerprint density at radius 3 is 2.15 bits per heavy atom. The molecule has 0 N–H and O–H groups in total. The van der Waals surface area contributed by atoms with E-state index < -0.39 is 6.04 Å². The molecule has 2 fully saturated rings. The number of likely N-dealkylation sites (N-methyl/N-ethyl adjacent to an activating group) is 2. The van der Waals surface area contributed by atoms with Crippen molar-refractivity contribution in [3.05, 3.63) is 17.5 Å². The van der Waals surface area contributed by atoms with E-state index in [1.807, 2.05) is 19.9 Å². The van der Waals surface area contributed by atoms with Gasteiger partial charge in [0.05, 0.1) is 6.42 Å². The van der Waals surface area contributed by atoms with Crippen molar-refractivity contribution in [3.63, 3.8) is 0 Å². The van der Waals surface area contributed by atoms with Crippen molar-refractivity contribution in [2.45, 2.75) is 26.3 Å². The van der Waals surface area contributed by atoms with Crippen molar-refractivity contribution in [1.29, 1.82) is 0 Å². The lowest BCUT2D eigenvalue weighted by Gasteiger charge is -2.35. The maximum atomic E-state index is 12.6. The number of rotatable bonds is 3. The molecule has 2 aliphatic rings. The van der Waals surface area contributed by atoms with Gasteiger partial charge in [0.25, 0.3) is 5.91 Å². The van der Waals surface area contributed by atoms with Crippen molar-refractivity contribution < 1.29 is 14.4 Å². The Labute approximate surface area is 152 Å². The van der Waals surface area contributed by atoms with E-state index in [0.717, 1.165) is 16.3 Å². The summed E-state index contributed by atoms with van der Waals surface area (Å²) in [5, 5.41) is 0. The molecule has 2 saturated heterocycles. The van der Waals surface area contributed by atoms with Gasteiger partial charge in [0.15, 0.2) is 0 Å². The SMILES string of the molecule is Cc1cc(C)nc(N2CCN(C(=O)C[C@H]3C(=O)N(C)C(=O)N3C)CC2)n1. The zero-order valence-electron chi connectivity index (χ0n) is 15.6. The normalized spacial score (nSPS) is 21.0. The summed E-state index contributed by atoms with van der Waals surface area (Å²) in [5.41, 5.74) is 1.84. The van der Waals surface area contributed by atoms with Gasteiger partial charge in [0, 0.05) is 51.7 Å². The fraction of sp³-hybridized carbons (Fsp3) is 0.588. The van der Waals surface area contributed by atoms with Crippen LogP contribution in [0.1, 0.15) is 17.8 Å². The third-order valence-electron chi connectivity index (χ3n) is 4.93. The number of nitrogens with zero attached hydrogens (tertiary/aromatic N) is 6. The van der Waals surface area contributed by atoms with Crippen molar-refractivity contribution in [1.82, 2.24) is 24.7 Å². The largest absolute Gasteiger partial charge is 0.339 e. The predicted octanol–water partition coefficient (Wildman–Crippen LogP) is 0.0245. The number of piperazine rings is 1. The molecule has 140 valence electrons. The first-order valence-electron chi connectivity index (χ1n) is 8.67. The van der Waals surface area contributed by atoms with E-state index in [0.29, 0.717) is 32.1 Å². The minimum Gasteiger partial charge on any atom is -0.339 e. The maximum absolute atomic E-state index is 12.6. The van der Waals surface area contributed by atoms with Crippen LogP contribution in [0.4, 0.5) is 10.7 Å². The zero-order chi connectivity index (χ0) is 19.0. The highest BCUT2D eigenvalue weighted by Crippen LogP contribution is 2.19. The lowest BCUT2D eigenvalue weighted by atomic mass is 10.1. The van der Waals surface area contributed by atoms with Gasteiger partial charge in [0.1, 0.15) is 6.04 Å². The smallest absolute Gasteiger partial charge is 0.326 e. The van der Waals surface area contributed by atoms with E-state index in [-0.39, 0.29) is 24.3 Å². The summed E-state index contributed by atoms with van der Waals surface area (Å²) in [6.07, 6.45) is 0.0193. The number of urea groups is 1. The topological polar surface area (TPSA) is 90.0 Å². The molecule has 0 spiro atoms. The van der Waals surface area contributed by atoms with E-state index in [4.69, 9.17) is 0 Å². The van der Waals surface area contributed by atoms with E-state index in [2.05, 4.69) is 14.9 Å². The second kappa shape index (κ2) is 6.89. The number of amides is 4. The first-order chi connectivity index (χ1) is 12.3. The maximum Gasteiger partial charge on any atom is 0.326 e. The fourth-order valence-electron chi connectivity index (χ4n) is 3.38. The quantitative estimate of drug-likeness (QED) is 0.706. The Kier molecular flexibility index (Phi) is 4.80.